The van der Waals surface area contributed by atoms with Crippen LogP contribution in [0.5, 0.6) is 0 Å². The molecule has 0 saturated heterocycles. The zero-order valence-electron chi connectivity index (χ0n) is 8.68. The lowest BCUT2D eigenvalue weighted by Gasteiger charge is -2.08. The van der Waals surface area contributed by atoms with E-state index in [1.54, 1.807) is 16.9 Å². The predicted molar refractivity (Wildman–Crippen MR) is 60.5 cm³/mol. The molecule has 0 spiro atoms. The molecule has 0 amide bonds. The molecule has 2 rings (SSSR count). The molecular formula is C11H12ClN3. The van der Waals surface area contributed by atoms with E-state index in [1.165, 1.54) is 0 Å². The second-order valence-electron chi connectivity index (χ2n) is 3.68. The van der Waals surface area contributed by atoms with Crippen LogP contribution in [0.3, 0.4) is 0 Å². The van der Waals surface area contributed by atoms with Gasteiger partial charge in [-0.3, -0.25) is 0 Å². The average molecular weight is 222 g/mol. The summed E-state index contributed by atoms with van der Waals surface area (Å²) in [5.74, 6) is 0.359. The predicted octanol–water partition coefficient (Wildman–Crippen LogP) is 3.04. The number of aromatic nitrogens is 3. The molecule has 0 unspecified atom stereocenters. The van der Waals surface area contributed by atoms with Crippen molar-refractivity contribution >= 4 is 11.6 Å². The SMILES string of the molecule is CC(C)c1cc(-n2cccn2)cc(Cl)n1. The fraction of sp³-hybridized carbons (Fsp3) is 0.273. The van der Waals surface area contributed by atoms with Crippen molar-refractivity contribution in [1.29, 1.82) is 0 Å². The Balaban J connectivity index is 2.49. The van der Waals surface area contributed by atoms with Gasteiger partial charge in [0.15, 0.2) is 0 Å². The molecular weight excluding hydrogens is 210 g/mol. The van der Waals surface area contributed by atoms with Crippen LogP contribution < -0.4 is 0 Å². The van der Waals surface area contributed by atoms with Crippen molar-refractivity contribution in [2.75, 3.05) is 0 Å². The van der Waals surface area contributed by atoms with Gasteiger partial charge in [0, 0.05) is 24.2 Å². The number of rotatable bonds is 2. The standard InChI is InChI=1S/C11H12ClN3/c1-8(2)10-6-9(7-11(12)14-10)15-5-3-4-13-15/h3-8H,1-2H3. The molecule has 0 atom stereocenters. The molecule has 0 bridgehead atoms. The van der Waals surface area contributed by atoms with Crippen LogP contribution in [0, 0.1) is 0 Å². The molecule has 0 fully saturated rings. The molecule has 2 heterocycles. The highest BCUT2D eigenvalue weighted by atomic mass is 35.5. The normalized spacial score (nSPS) is 10.9. The van der Waals surface area contributed by atoms with Crippen LogP contribution in [0.25, 0.3) is 5.69 Å². The van der Waals surface area contributed by atoms with E-state index in [0.29, 0.717) is 11.1 Å². The van der Waals surface area contributed by atoms with Crippen LogP contribution in [-0.2, 0) is 0 Å². The minimum Gasteiger partial charge on any atom is -0.241 e. The zero-order chi connectivity index (χ0) is 10.8. The lowest BCUT2D eigenvalue weighted by molar-refractivity contribution is 0.808. The third kappa shape index (κ3) is 2.18. The van der Waals surface area contributed by atoms with Gasteiger partial charge in [-0.2, -0.15) is 5.10 Å². The Morgan fingerprint density at radius 3 is 2.73 bits per heavy atom. The van der Waals surface area contributed by atoms with Crippen LogP contribution in [-0.4, -0.2) is 14.8 Å². The van der Waals surface area contributed by atoms with Crippen molar-refractivity contribution in [3.8, 4) is 5.69 Å². The first-order chi connectivity index (χ1) is 7.16. The van der Waals surface area contributed by atoms with Crippen molar-refractivity contribution in [3.63, 3.8) is 0 Å². The quantitative estimate of drug-likeness (QED) is 0.730. The summed E-state index contributed by atoms with van der Waals surface area (Å²) in [5, 5.41) is 4.66. The van der Waals surface area contributed by atoms with E-state index < -0.39 is 0 Å². The minimum atomic E-state index is 0.359. The summed E-state index contributed by atoms with van der Waals surface area (Å²) < 4.78 is 1.78. The molecule has 4 heteroatoms. The van der Waals surface area contributed by atoms with E-state index in [4.69, 9.17) is 11.6 Å². The number of nitrogens with zero attached hydrogens (tertiary/aromatic N) is 3. The topological polar surface area (TPSA) is 30.7 Å². The first kappa shape index (κ1) is 10.2. The van der Waals surface area contributed by atoms with Crippen LogP contribution >= 0.6 is 11.6 Å². The Bertz CT molecular complexity index is 449. The summed E-state index contributed by atoms with van der Waals surface area (Å²) in [6.45, 7) is 4.18. The number of hydrogen-bond donors (Lipinski definition) is 0. The van der Waals surface area contributed by atoms with E-state index in [1.807, 2.05) is 18.3 Å². The van der Waals surface area contributed by atoms with Gasteiger partial charge >= 0.3 is 0 Å². The molecule has 0 aliphatic carbocycles. The lowest BCUT2D eigenvalue weighted by Crippen LogP contribution is -1.99. The second-order valence-corrected chi connectivity index (χ2v) is 4.07. The third-order valence-electron chi connectivity index (χ3n) is 2.16. The lowest BCUT2D eigenvalue weighted by atomic mass is 10.1. The van der Waals surface area contributed by atoms with Gasteiger partial charge in [0.2, 0.25) is 0 Å². The summed E-state index contributed by atoms with van der Waals surface area (Å²) in [6.07, 6.45) is 3.62. The Morgan fingerprint density at radius 1 is 1.33 bits per heavy atom. The monoisotopic (exact) mass is 221 g/mol. The Kier molecular flexibility index (Phi) is 2.73. The van der Waals surface area contributed by atoms with Gasteiger partial charge in [-0.15, -0.1) is 0 Å². The van der Waals surface area contributed by atoms with E-state index in [0.717, 1.165) is 11.4 Å². The Hall–Kier alpha value is -1.35. The van der Waals surface area contributed by atoms with Crippen molar-refractivity contribution < 1.29 is 0 Å². The van der Waals surface area contributed by atoms with E-state index >= 15 is 0 Å². The fourth-order valence-electron chi connectivity index (χ4n) is 1.35. The van der Waals surface area contributed by atoms with Crippen LogP contribution in [0.15, 0.2) is 30.6 Å². The first-order valence-corrected chi connectivity index (χ1v) is 5.22. The van der Waals surface area contributed by atoms with Crippen molar-refractivity contribution in [2.45, 2.75) is 19.8 Å². The molecule has 0 aliphatic rings. The summed E-state index contributed by atoms with van der Waals surface area (Å²) in [5.41, 5.74) is 1.93. The van der Waals surface area contributed by atoms with E-state index in [9.17, 15) is 0 Å². The molecule has 2 aromatic heterocycles. The smallest absolute Gasteiger partial charge is 0.131 e. The third-order valence-corrected chi connectivity index (χ3v) is 2.35. The number of pyridine rings is 1. The summed E-state index contributed by atoms with van der Waals surface area (Å²) in [4.78, 5) is 4.27. The van der Waals surface area contributed by atoms with Crippen molar-refractivity contribution in [1.82, 2.24) is 14.8 Å². The van der Waals surface area contributed by atoms with Crippen LogP contribution in [0.1, 0.15) is 25.5 Å². The highest BCUT2D eigenvalue weighted by molar-refractivity contribution is 6.29. The highest BCUT2D eigenvalue weighted by Crippen LogP contribution is 2.19. The maximum absolute atomic E-state index is 5.96. The summed E-state index contributed by atoms with van der Waals surface area (Å²) >= 11 is 5.96. The van der Waals surface area contributed by atoms with Crippen molar-refractivity contribution in [2.24, 2.45) is 0 Å². The van der Waals surface area contributed by atoms with Gasteiger partial charge in [0.25, 0.3) is 0 Å². The van der Waals surface area contributed by atoms with Gasteiger partial charge < -0.3 is 0 Å². The van der Waals surface area contributed by atoms with Gasteiger partial charge in [-0.05, 0) is 18.1 Å². The van der Waals surface area contributed by atoms with Gasteiger partial charge in [0.05, 0.1) is 5.69 Å². The highest BCUT2D eigenvalue weighted by Gasteiger charge is 2.06. The molecule has 0 aliphatic heterocycles. The molecule has 3 nitrogen and oxygen atoms in total. The maximum Gasteiger partial charge on any atom is 0.131 e. The Labute approximate surface area is 93.7 Å². The first-order valence-electron chi connectivity index (χ1n) is 4.84. The van der Waals surface area contributed by atoms with Gasteiger partial charge in [0.1, 0.15) is 5.15 Å². The minimum absolute atomic E-state index is 0.359. The Morgan fingerprint density at radius 2 is 2.13 bits per heavy atom. The maximum atomic E-state index is 5.96. The fourth-order valence-corrected chi connectivity index (χ4v) is 1.56. The van der Waals surface area contributed by atoms with E-state index in [-0.39, 0.29) is 0 Å². The molecule has 0 aromatic carbocycles. The van der Waals surface area contributed by atoms with E-state index in [2.05, 4.69) is 23.9 Å². The van der Waals surface area contributed by atoms with Crippen molar-refractivity contribution in [3.05, 3.63) is 41.4 Å². The zero-order valence-corrected chi connectivity index (χ0v) is 9.44. The largest absolute Gasteiger partial charge is 0.241 e. The molecule has 0 N–H and O–H groups in total. The molecule has 78 valence electrons. The molecule has 0 radical (unpaired) electrons. The summed E-state index contributed by atoms with van der Waals surface area (Å²) in [7, 11) is 0. The number of hydrogen-bond acceptors (Lipinski definition) is 2. The summed E-state index contributed by atoms with van der Waals surface area (Å²) in [6, 6.07) is 5.69. The molecule has 0 saturated carbocycles. The van der Waals surface area contributed by atoms with Crippen LogP contribution in [0.4, 0.5) is 0 Å². The average Bonchev–Trinajstić information content (AvgIpc) is 2.69. The van der Waals surface area contributed by atoms with Gasteiger partial charge in [-0.25, -0.2) is 9.67 Å². The molecule has 2 aromatic rings. The molecule has 15 heavy (non-hydrogen) atoms. The van der Waals surface area contributed by atoms with Crippen LogP contribution in [0.2, 0.25) is 5.15 Å². The van der Waals surface area contributed by atoms with Gasteiger partial charge in [-0.1, -0.05) is 25.4 Å². The second kappa shape index (κ2) is 4.03. The number of halogens is 1.